The maximum atomic E-state index is 12.7. The van der Waals surface area contributed by atoms with Crippen LogP contribution in [0.4, 0.5) is 11.4 Å². The number of hydrogen-bond donors (Lipinski definition) is 4. The van der Waals surface area contributed by atoms with Crippen LogP contribution >= 0.6 is 22.7 Å². The summed E-state index contributed by atoms with van der Waals surface area (Å²) in [5.41, 5.74) is 13.3. The Labute approximate surface area is 394 Å². The third kappa shape index (κ3) is 10.5. The molecule has 4 aromatic carbocycles. The molecule has 0 radical (unpaired) electrons. The Morgan fingerprint density at radius 3 is 1.78 bits per heavy atom. The molecular formula is C52H46N6O7S2. The summed E-state index contributed by atoms with van der Waals surface area (Å²) in [7, 11) is 1.55. The normalized spacial score (nSPS) is 12.8. The van der Waals surface area contributed by atoms with Crippen molar-refractivity contribution in [2.75, 3.05) is 31.0 Å². The number of amides is 2. The van der Waals surface area contributed by atoms with Crippen molar-refractivity contribution in [2.24, 2.45) is 0 Å². The third-order valence-corrected chi connectivity index (χ3v) is 12.5. The highest BCUT2D eigenvalue weighted by molar-refractivity contribution is 7.13. The molecule has 15 heteroatoms. The first kappa shape index (κ1) is 45.7. The zero-order chi connectivity index (χ0) is 47.0. The molecule has 6 heterocycles. The van der Waals surface area contributed by atoms with Crippen molar-refractivity contribution in [3.05, 3.63) is 159 Å². The maximum absolute atomic E-state index is 12.7. The molecule has 4 N–H and O–H groups in total. The standard InChI is InChI=1S/C26H21N3O3S.C17H12N2OS.C9H13NO3/c1-3-32-26(31)22-11-15(2)21(27-22)13-19-18-12-17(9-10-20(18)28-24(19)30)23-14-33-25(29-23)16-7-5-4-6-8-16;20-16-9-13-8-12(6-7-14(13)18-16)15-10-21-17(19-15)11-4-2-1-3-5-11;1-4-13-9(11)7-5-6(2)8(10-7)12-3/h4-14,27H,3H2,1-2H3,(H,28,30);1-8,10H,9H2,(H,18,20);5,10H,4H2,1-3H3/b19-13-;;. The molecule has 0 bridgehead atoms. The number of anilines is 2. The Balaban J connectivity index is 0.000000152. The van der Waals surface area contributed by atoms with E-state index in [2.05, 4.69) is 44.2 Å². The van der Waals surface area contributed by atoms with Gasteiger partial charge >= 0.3 is 11.9 Å². The molecule has 2 aliphatic rings. The van der Waals surface area contributed by atoms with Gasteiger partial charge in [0.1, 0.15) is 21.4 Å². The molecule has 0 saturated carbocycles. The minimum absolute atomic E-state index is 0.0606. The molecule has 0 atom stereocenters. The van der Waals surface area contributed by atoms with Crippen LogP contribution in [0, 0.1) is 13.8 Å². The van der Waals surface area contributed by atoms with E-state index in [1.807, 2.05) is 98.1 Å². The number of carbonyl (C=O) groups excluding carboxylic acids is 4. The van der Waals surface area contributed by atoms with Crippen LogP contribution in [0.5, 0.6) is 5.88 Å². The van der Waals surface area contributed by atoms with Gasteiger partial charge in [0.2, 0.25) is 5.91 Å². The monoisotopic (exact) mass is 930 g/mol. The van der Waals surface area contributed by atoms with E-state index < -0.39 is 5.97 Å². The van der Waals surface area contributed by atoms with E-state index in [1.165, 1.54) is 0 Å². The molecule has 0 spiro atoms. The fourth-order valence-electron chi connectivity index (χ4n) is 7.38. The fraction of sp³-hybridized carbons (Fsp3) is 0.154. The van der Waals surface area contributed by atoms with Gasteiger partial charge in [-0.25, -0.2) is 19.6 Å². The molecular weight excluding hydrogens is 885 g/mol. The number of aryl methyl sites for hydroxylation is 2. The number of aromatic amines is 2. The zero-order valence-electron chi connectivity index (χ0n) is 37.3. The molecule has 2 amide bonds. The van der Waals surface area contributed by atoms with E-state index in [0.29, 0.717) is 48.2 Å². The average molecular weight is 931 g/mol. The maximum Gasteiger partial charge on any atom is 0.354 e. The number of rotatable bonds is 10. The predicted octanol–water partition coefficient (Wildman–Crippen LogP) is 11.3. The SMILES string of the molecule is CCOC(=O)c1cc(C)c(/C=C2\C(=O)Nc3ccc(-c4csc(-c5ccccc5)n4)cc32)[nH]1.CCOC(=O)c1cc(C)c(OC)[nH]1.O=C1Cc2cc(-c3csc(-c4ccccc4)n3)ccc2N1. The smallest absolute Gasteiger partial charge is 0.354 e. The number of nitrogens with one attached hydrogen (secondary N) is 4. The number of esters is 2. The van der Waals surface area contributed by atoms with E-state index in [1.54, 1.807) is 61.8 Å². The number of ether oxygens (including phenoxy) is 3. The van der Waals surface area contributed by atoms with Crippen molar-refractivity contribution in [3.8, 4) is 49.5 Å². The van der Waals surface area contributed by atoms with Gasteiger partial charge in [0.05, 0.1) is 43.7 Å². The zero-order valence-corrected chi connectivity index (χ0v) is 38.9. The van der Waals surface area contributed by atoms with Crippen LogP contribution in [0.1, 0.15) is 62.8 Å². The summed E-state index contributed by atoms with van der Waals surface area (Å²) in [5, 5.41) is 11.8. The van der Waals surface area contributed by atoms with Crippen molar-refractivity contribution in [3.63, 3.8) is 0 Å². The topological polar surface area (TPSA) is 177 Å². The van der Waals surface area contributed by atoms with Gasteiger partial charge in [-0.15, -0.1) is 22.7 Å². The molecule has 0 saturated heterocycles. The number of benzene rings is 4. The summed E-state index contributed by atoms with van der Waals surface area (Å²) in [5.74, 6) is -0.291. The summed E-state index contributed by atoms with van der Waals surface area (Å²) in [6.07, 6.45) is 2.23. The third-order valence-electron chi connectivity index (χ3n) is 10.7. The van der Waals surface area contributed by atoms with Crippen LogP contribution in [0.3, 0.4) is 0 Å². The number of aromatic nitrogens is 4. The number of H-pyrrole nitrogens is 2. The second-order valence-corrected chi connectivity index (χ2v) is 17.0. The molecule has 2 aliphatic heterocycles. The average Bonchev–Trinajstić information content (AvgIpc) is 4.22. The Bertz CT molecular complexity index is 3130. The van der Waals surface area contributed by atoms with Crippen LogP contribution in [-0.4, -0.2) is 64.0 Å². The van der Waals surface area contributed by atoms with Crippen LogP contribution in [0.2, 0.25) is 0 Å². The molecule has 10 rings (SSSR count). The molecule has 0 aliphatic carbocycles. The minimum Gasteiger partial charge on any atom is -0.482 e. The molecule has 13 nitrogen and oxygen atoms in total. The first-order valence-corrected chi connectivity index (χ1v) is 23.2. The van der Waals surface area contributed by atoms with Gasteiger partial charge < -0.3 is 34.8 Å². The number of nitrogens with zero attached hydrogens (tertiary/aromatic N) is 2. The Morgan fingerprint density at radius 2 is 1.21 bits per heavy atom. The van der Waals surface area contributed by atoms with Gasteiger partial charge in [0.15, 0.2) is 5.88 Å². The highest BCUT2D eigenvalue weighted by Crippen LogP contribution is 2.38. The second kappa shape index (κ2) is 20.5. The number of hydrogen-bond acceptors (Lipinski definition) is 11. The number of fused-ring (bicyclic) bond motifs is 2. The Kier molecular flexibility index (Phi) is 14.0. The predicted molar refractivity (Wildman–Crippen MR) is 264 cm³/mol. The van der Waals surface area contributed by atoms with Crippen LogP contribution < -0.4 is 15.4 Å². The van der Waals surface area contributed by atoms with Gasteiger partial charge in [0, 0.05) is 61.2 Å². The lowest BCUT2D eigenvalue weighted by Gasteiger charge is -2.03. The van der Waals surface area contributed by atoms with Gasteiger partial charge in [-0.1, -0.05) is 72.8 Å². The van der Waals surface area contributed by atoms with Crippen LogP contribution in [0.15, 0.2) is 120 Å². The highest BCUT2D eigenvalue weighted by Gasteiger charge is 2.26. The summed E-state index contributed by atoms with van der Waals surface area (Å²) >= 11 is 3.23. The molecule has 4 aromatic heterocycles. The molecule has 8 aromatic rings. The van der Waals surface area contributed by atoms with E-state index >= 15 is 0 Å². The minimum atomic E-state index is -0.415. The molecule has 338 valence electrons. The van der Waals surface area contributed by atoms with E-state index in [-0.39, 0.29) is 17.8 Å². The number of methoxy groups -OCH3 is 1. The first-order chi connectivity index (χ1) is 32.5. The van der Waals surface area contributed by atoms with Gasteiger partial charge in [-0.05, 0) is 81.3 Å². The molecule has 67 heavy (non-hydrogen) atoms. The van der Waals surface area contributed by atoms with E-state index in [9.17, 15) is 19.2 Å². The van der Waals surface area contributed by atoms with Crippen LogP contribution in [0.25, 0.3) is 55.3 Å². The summed E-state index contributed by atoms with van der Waals surface area (Å²) in [6.45, 7) is 7.95. The lowest BCUT2D eigenvalue weighted by atomic mass is 10.0. The fourth-order valence-corrected chi connectivity index (χ4v) is 9.05. The summed E-state index contributed by atoms with van der Waals surface area (Å²) in [6, 6.07) is 35.5. The van der Waals surface area contributed by atoms with E-state index in [0.717, 1.165) is 77.3 Å². The van der Waals surface area contributed by atoms with Crippen molar-refractivity contribution in [1.82, 2.24) is 19.9 Å². The van der Waals surface area contributed by atoms with Crippen molar-refractivity contribution >= 4 is 69.5 Å². The van der Waals surface area contributed by atoms with Crippen LogP contribution in [-0.2, 0) is 25.5 Å². The second-order valence-electron chi connectivity index (χ2n) is 15.3. The lowest BCUT2D eigenvalue weighted by Crippen LogP contribution is -2.05. The first-order valence-electron chi connectivity index (χ1n) is 21.4. The lowest BCUT2D eigenvalue weighted by molar-refractivity contribution is -0.115. The van der Waals surface area contributed by atoms with Gasteiger partial charge in [-0.2, -0.15) is 0 Å². The summed E-state index contributed by atoms with van der Waals surface area (Å²) in [4.78, 5) is 62.8. The Hall–Kier alpha value is -7.88. The molecule has 0 fully saturated rings. The van der Waals surface area contributed by atoms with E-state index in [4.69, 9.17) is 24.2 Å². The van der Waals surface area contributed by atoms with Crippen molar-refractivity contribution in [1.29, 1.82) is 0 Å². The largest absolute Gasteiger partial charge is 0.482 e. The van der Waals surface area contributed by atoms with Gasteiger partial charge in [0.25, 0.3) is 5.91 Å². The number of thiazole rings is 2. The Morgan fingerprint density at radius 1 is 0.657 bits per heavy atom. The highest BCUT2D eigenvalue weighted by atomic mass is 32.1. The summed E-state index contributed by atoms with van der Waals surface area (Å²) < 4.78 is 14.9. The molecule has 0 unspecified atom stereocenters. The van der Waals surface area contributed by atoms with Crippen molar-refractivity contribution < 1.29 is 33.4 Å². The number of carbonyl (C=O) groups is 4. The van der Waals surface area contributed by atoms with Crippen molar-refractivity contribution in [2.45, 2.75) is 34.1 Å². The van der Waals surface area contributed by atoms with Gasteiger partial charge in [-0.3, -0.25) is 9.59 Å². The quantitative estimate of drug-likeness (QED) is 0.0767.